The van der Waals surface area contributed by atoms with E-state index in [4.69, 9.17) is 4.74 Å². The van der Waals surface area contributed by atoms with Crippen LogP contribution in [-0.2, 0) is 4.74 Å². The molecule has 2 rings (SSSR count). The number of nitrogens with one attached hydrogen (secondary N) is 1. The fraction of sp³-hybridized carbons (Fsp3) is 0.429. The van der Waals surface area contributed by atoms with Gasteiger partial charge in [-0.05, 0) is 19.9 Å². The summed E-state index contributed by atoms with van der Waals surface area (Å²) in [6, 6.07) is 7.64. The van der Waals surface area contributed by atoms with Crippen LogP contribution >= 0.6 is 0 Å². The summed E-state index contributed by atoms with van der Waals surface area (Å²) in [5, 5.41) is 7.89. The number of benzene rings is 1. The van der Waals surface area contributed by atoms with E-state index < -0.39 is 0 Å². The quantitative estimate of drug-likeness (QED) is 0.810. The number of fused-ring (bicyclic) bond motifs is 1. The highest BCUT2D eigenvalue weighted by Crippen LogP contribution is 2.16. The maximum atomic E-state index is 12.4. The zero-order valence-corrected chi connectivity index (χ0v) is 11.3. The minimum Gasteiger partial charge on any atom is -0.380 e. The highest BCUT2D eigenvalue weighted by atomic mass is 16.5. The second kappa shape index (κ2) is 6.33. The highest BCUT2D eigenvalue weighted by molar-refractivity contribution is 6.04. The molecule has 0 saturated carbocycles. The Balaban J connectivity index is 2.17. The lowest BCUT2D eigenvalue weighted by molar-refractivity contribution is 0.0665. The topological polar surface area (TPSA) is 58.2 Å². The van der Waals surface area contributed by atoms with Crippen LogP contribution in [0.4, 0.5) is 0 Å². The molecule has 0 aliphatic carbocycles. The first kappa shape index (κ1) is 13.5. The fourth-order valence-corrected chi connectivity index (χ4v) is 2.00. The van der Waals surface area contributed by atoms with Crippen molar-refractivity contribution in [2.45, 2.75) is 13.8 Å². The van der Waals surface area contributed by atoms with E-state index in [1.54, 1.807) is 4.90 Å². The molecule has 0 unspecified atom stereocenters. The number of para-hydroxylation sites is 1. The number of aromatic amines is 1. The van der Waals surface area contributed by atoms with E-state index in [-0.39, 0.29) is 5.91 Å². The van der Waals surface area contributed by atoms with E-state index >= 15 is 0 Å². The molecule has 1 aromatic heterocycles. The molecule has 1 aromatic carbocycles. The fourth-order valence-electron chi connectivity index (χ4n) is 2.00. The molecule has 1 amide bonds. The number of nitrogens with zero attached hydrogens (tertiary/aromatic N) is 2. The number of carbonyl (C=O) groups is 1. The SMILES string of the molecule is CCOCCN(CC)C(=O)c1n[nH]c2ccccc12. The van der Waals surface area contributed by atoms with Crippen molar-refractivity contribution < 1.29 is 9.53 Å². The van der Waals surface area contributed by atoms with Crippen LogP contribution in [0.5, 0.6) is 0 Å². The van der Waals surface area contributed by atoms with Gasteiger partial charge in [0.2, 0.25) is 0 Å². The second-order valence-electron chi connectivity index (χ2n) is 4.20. The second-order valence-corrected chi connectivity index (χ2v) is 4.20. The van der Waals surface area contributed by atoms with Gasteiger partial charge in [-0.2, -0.15) is 5.10 Å². The van der Waals surface area contributed by atoms with Crippen molar-refractivity contribution in [2.24, 2.45) is 0 Å². The number of likely N-dealkylation sites (N-methyl/N-ethyl adjacent to an activating group) is 1. The number of H-pyrrole nitrogens is 1. The molecule has 0 radical (unpaired) electrons. The molecular formula is C14H19N3O2. The average molecular weight is 261 g/mol. The standard InChI is InChI=1S/C14H19N3O2/c1-3-17(9-10-19-4-2)14(18)13-11-7-5-6-8-12(11)15-16-13/h5-8H,3-4,9-10H2,1-2H3,(H,15,16). The summed E-state index contributed by atoms with van der Waals surface area (Å²) in [4.78, 5) is 14.2. The molecule has 0 aliphatic rings. The number of ether oxygens (including phenoxy) is 1. The van der Waals surface area contributed by atoms with Gasteiger partial charge in [0, 0.05) is 25.1 Å². The first-order valence-corrected chi connectivity index (χ1v) is 6.58. The zero-order chi connectivity index (χ0) is 13.7. The van der Waals surface area contributed by atoms with Gasteiger partial charge in [-0.25, -0.2) is 0 Å². The van der Waals surface area contributed by atoms with Crippen molar-refractivity contribution >= 4 is 16.8 Å². The zero-order valence-electron chi connectivity index (χ0n) is 11.3. The van der Waals surface area contributed by atoms with Crippen molar-refractivity contribution in [1.29, 1.82) is 0 Å². The summed E-state index contributed by atoms with van der Waals surface area (Å²) in [5.74, 6) is -0.0559. The van der Waals surface area contributed by atoms with Gasteiger partial charge in [-0.3, -0.25) is 9.89 Å². The van der Waals surface area contributed by atoms with E-state index in [1.165, 1.54) is 0 Å². The molecule has 0 saturated heterocycles. The lowest BCUT2D eigenvalue weighted by Gasteiger charge is -2.19. The average Bonchev–Trinajstić information content (AvgIpc) is 2.87. The Kier molecular flexibility index (Phi) is 4.52. The maximum absolute atomic E-state index is 12.4. The van der Waals surface area contributed by atoms with E-state index in [0.717, 1.165) is 10.9 Å². The number of rotatable bonds is 6. The Morgan fingerprint density at radius 1 is 1.37 bits per heavy atom. The number of carbonyl (C=O) groups excluding carboxylic acids is 1. The predicted molar refractivity (Wildman–Crippen MR) is 74.2 cm³/mol. The molecule has 5 heteroatoms. The Hall–Kier alpha value is -1.88. The van der Waals surface area contributed by atoms with Crippen molar-refractivity contribution in [2.75, 3.05) is 26.3 Å². The van der Waals surface area contributed by atoms with Gasteiger partial charge in [0.1, 0.15) is 0 Å². The third-order valence-corrected chi connectivity index (χ3v) is 3.05. The molecule has 1 heterocycles. The van der Waals surface area contributed by atoms with E-state index in [1.807, 2.05) is 38.1 Å². The van der Waals surface area contributed by atoms with Gasteiger partial charge in [-0.1, -0.05) is 18.2 Å². The van der Waals surface area contributed by atoms with Crippen LogP contribution in [0.25, 0.3) is 10.9 Å². The van der Waals surface area contributed by atoms with Gasteiger partial charge in [0.05, 0.1) is 12.1 Å². The Morgan fingerprint density at radius 2 is 2.16 bits per heavy atom. The van der Waals surface area contributed by atoms with Crippen LogP contribution < -0.4 is 0 Å². The molecule has 0 spiro atoms. The Bertz CT molecular complexity index is 550. The molecule has 2 aromatic rings. The molecule has 102 valence electrons. The lowest BCUT2D eigenvalue weighted by Crippen LogP contribution is -2.34. The van der Waals surface area contributed by atoms with Crippen LogP contribution in [0.1, 0.15) is 24.3 Å². The normalized spacial score (nSPS) is 10.8. The summed E-state index contributed by atoms with van der Waals surface area (Å²) in [5.41, 5.74) is 1.36. The minimum absolute atomic E-state index is 0.0559. The van der Waals surface area contributed by atoms with Crippen molar-refractivity contribution in [1.82, 2.24) is 15.1 Å². The van der Waals surface area contributed by atoms with Crippen LogP contribution in [0.2, 0.25) is 0 Å². The predicted octanol–water partition coefficient (Wildman–Crippen LogP) is 2.06. The molecule has 0 atom stereocenters. The van der Waals surface area contributed by atoms with Crippen LogP contribution in [0.15, 0.2) is 24.3 Å². The van der Waals surface area contributed by atoms with Crippen LogP contribution in [0, 0.1) is 0 Å². The van der Waals surface area contributed by atoms with Gasteiger partial charge < -0.3 is 9.64 Å². The molecule has 0 aliphatic heterocycles. The molecule has 0 bridgehead atoms. The number of aromatic nitrogens is 2. The molecule has 1 N–H and O–H groups in total. The first-order chi connectivity index (χ1) is 9.27. The van der Waals surface area contributed by atoms with Crippen molar-refractivity contribution in [3.63, 3.8) is 0 Å². The third-order valence-electron chi connectivity index (χ3n) is 3.05. The van der Waals surface area contributed by atoms with E-state index in [2.05, 4.69) is 10.2 Å². The van der Waals surface area contributed by atoms with Crippen LogP contribution in [-0.4, -0.2) is 47.3 Å². The Morgan fingerprint density at radius 3 is 2.89 bits per heavy atom. The summed E-state index contributed by atoms with van der Waals surface area (Å²) in [6.45, 7) is 6.35. The van der Waals surface area contributed by atoms with Gasteiger partial charge in [0.25, 0.3) is 5.91 Å². The largest absolute Gasteiger partial charge is 0.380 e. The molecule has 5 nitrogen and oxygen atoms in total. The minimum atomic E-state index is -0.0559. The summed E-state index contributed by atoms with van der Waals surface area (Å²) < 4.78 is 5.30. The molecule has 0 fully saturated rings. The third kappa shape index (κ3) is 2.93. The first-order valence-electron chi connectivity index (χ1n) is 6.58. The summed E-state index contributed by atoms with van der Waals surface area (Å²) in [7, 11) is 0. The van der Waals surface area contributed by atoms with Gasteiger partial charge >= 0.3 is 0 Å². The Labute approximate surface area is 112 Å². The summed E-state index contributed by atoms with van der Waals surface area (Å²) >= 11 is 0. The van der Waals surface area contributed by atoms with E-state index in [9.17, 15) is 4.79 Å². The number of amides is 1. The molecule has 19 heavy (non-hydrogen) atoms. The van der Waals surface area contributed by atoms with Gasteiger partial charge in [0.15, 0.2) is 5.69 Å². The molecular weight excluding hydrogens is 242 g/mol. The highest BCUT2D eigenvalue weighted by Gasteiger charge is 2.19. The summed E-state index contributed by atoms with van der Waals surface area (Å²) in [6.07, 6.45) is 0. The number of hydrogen-bond donors (Lipinski definition) is 1. The monoisotopic (exact) mass is 261 g/mol. The van der Waals surface area contributed by atoms with Gasteiger partial charge in [-0.15, -0.1) is 0 Å². The smallest absolute Gasteiger partial charge is 0.275 e. The number of hydrogen-bond acceptors (Lipinski definition) is 3. The van der Waals surface area contributed by atoms with Crippen molar-refractivity contribution in [3.05, 3.63) is 30.0 Å². The lowest BCUT2D eigenvalue weighted by atomic mass is 10.2. The van der Waals surface area contributed by atoms with E-state index in [0.29, 0.717) is 32.0 Å². The van der Waals surface area contributed by atoms with Crippen molar-refractivity contribution in [3.8, 4) is 0 Å². The van der Waals surface area contributed by atoms with Crippen LogP contribution in [0.3, 0.4) is 0 Å². The maximum Gasteiger partial charge on any atom is 0.275 e.